The smallest absolute Gasteiger partial charge is 0.303 e. The second kappa shape index (κ2) is 8.11. The van der Waals surface area contributed by atoms with Crippen molar-refractivity contribution in [3.8, 4) is 0 Å². The Balaban J connectivity index is 2.35. The Bertz CT molecular complexity index is 595. The van der Waals surface area contributed by atoms with Gasteiger partial charge in [-0.3, -0.25) is 9.59 Å². The molecule has 1 aromatic rings. The van der Waals surface area contributed by atoms with E-state index in [1.807, 2.05) is 0 Å². The fourth-order valence-corrected chi connectivity index (χ4v) is 3.67. The maximum atomic E-state index is 11.5. The highest BCUT2D eigenvalue weighted by molar-refractivity contribution is 7.91. The monoisotopic (exact) mass is 334 g/mol. The topological polar surface area (TPSA) is 113 Å². The van der Waals surface area contributed by atoms with Crippen LogP contribution in [0.1, 0.15) is 30.6 Å². The Morgan fingerprint density at radius 2 is 1.90 bits per heavy atom. The van der Waals surface area contributed by atoms with Gasteiger partial charge in [0, 0.05) is 17.7 Å². The summed E-state index contributed by atoms with van der Waals surface area (Å²) in [5, 5.41) is 11.1. The van der Waals surface area contributed by atoms with Gasteiger partial charge in [0.05, 0.1) is 6.54 Å². The molecule has 0 radical (unpaired) electrons. The first-order valence-corrected chi connectivity index (χ1v) is 8.66. The van der Waals surface area contributed by atoms with Gasteiger partial charge in [-0.1, -0.05) is 0 Å². The zero-order chi connectivity index (χ0) is 15.9. The van der Waals surface area contributed by atoms with Crippen molar-refractivity contribution in [2.45, 2.75) is 36.4 Å². The third-order valence-corrected chi connectivity index (χ3v) is 5.67. The fraction of sp³-hybridized carbons (Fsp3) is 0.500. The van der Waals surface area contributed by atoms with Crippen LogP contribution in [0.3, 0.4) is 0 Å². The molecule has 1 aromatic heterocycles. The van der Waals surface area contributed by atoms with Gasteiger partial charge >= 0.3 is 5.97 Å². The van der Waals surface area contributed by atoms with Gasteiger partial charge in [-0.05, 0) is 32.0 Å². The number of amides is 1. The van der Waals surface area contributed by atoms with E-state index in [0.717, 1.165) is 16.2 Å². The highest BCUT2D eigenvalue weighted by Crippen LogP contribution is 2.21. The minimum absolute atomic E-state index is 0.0590. The Morgan fingerprint density at radius 3 is 2.52 bits per heavy atom. The van der Waals surface area contributed by atoms with Gasteiger partial charge < -0.3 is 10.4 Å². The first-order valence-electron chi connectivity index (χ1n) is 6.36. The lowest BCUT2D eigenvalue weighted by Gasteiger charge is -2.03. The van der Waals surface area contributed by atoms with Gasteiger partial charge in [0.1, 0.15) is 4.21 Å². The molecular weight excluding hydrogens is 316 g/mol. The van der Waals surface area contributed by atoms with Gasteiger partial charge in [0.2, 0.25) is 15.9 Å². The molecule has 0 atom stereocenters. The van der Waals surface area contributed by atoms with Crippen molar-refractivity contribution in [1.29, 1.82) is 0 Å². The molecule has 0 aliphatic rings. The lowest BCUT2D eigenvalue weighted by atomic mass is 10.2. The van der Waals surface area contributed by atoms with Crippen LogP contribution in [0.5, 0.6) is 0 Å². The summed E-state index contributed by atoms with van der Waals surface area (Å²) in [5.41, 5.74) is 0. The van der Waals surface area contributed by atoms with Crippen LogP contribution in [0.2, 0.25) is 0 Å². The number of carbonyl (C=O) groups is 2. The van der Waals surface area contributed by atoms with Gasteiger partial charge in [-0.25, -0.2) is 13.1 Å². The number of hydrogen-bond donors (Lipinski definition) is 3. The summed E-state index contributed by atoms with van der Waals surface area (Å²) < 4.78 is 25.5. The van der Waals surface area contributed by atoms with Crippen LogP contribution in [0.4, 0.5) is 0 Å². The molecular formula is C12H18N2O5S2. The second-order valence-corrected chi connectivity index (χ2v) is 7.59. The minimum atomic E-state index is -3.44. The third-order valence-electron chi connectivity index (χ3n) is 2.67. The van der Waals surface area contributed by atoms with Crippen molar-refractivity contribution in [1.82, 2.24) is 10.0 Å². The molecule has 0 aromatic carbocycles. The maximum absolute atomic E-state index is 11.5. The first kappa shape index (κ1) is 17.6. The quantitative estimate of drug-likeness (QED) is 0.581. The van der Waals surface area contributed by atoms with E-state index in [0.29, 0.717) is 12.8 Å². The minimum Gasteiger partial charge on any atom is -0.481 e. The molecule has 0 fully saturated rings. The zero-order valence-corrected chi connectivity index (χ0v) is 13.2. The van der Waals surface area contributed by atoms with Gasteiger partial charge in [0.25, 0.3) is 0 Å². The van der Waals surface area contributed by atoms with Crippen LogP contribution in [0, 0.1) is 0 Å². The molecule has 1 heterocycles. The van der Waals surface area contributed by atoms with Crippen molar-refractivity contribution in [3.63, 3.8) is 0 Å². The molecule has 0 aliphatic carbocycles. The maximum Gasteiger partial charge on any atom is 0.303 e. The van der Waals surface area contributed by atoms with Crippen molar-refractivity contribution in [3.05, 3.63) is 17.0 Å². The molecule has 0 saturated carbocycles. The van der Waals surface area contributed by atoms with Crippen LogP contribution < -0.4 is 10.0 Å². The zero-order valence-electron chi connectivity index (χ0n) is 11.6. The third kappa shape index (κ3) is 6.23. The van der Waals surface area contributed by atoms with Crippen LogP contribution in [0.15, 0.2) is 16.3 Å². The number of carbonyl (C=O) groups excluding carboxylic acids is 1. The number of sulfonamides is 1. The first-order chi connectivity index (χ1) is 9.85. The van der Waals surface area contributed by atoms with Crippen molar-refractivity contribution < 1.29 is 23.1 Å². The second-order valence-electron chi connectivity index (χ2n) is 4.31. The predicted molar refractivity (Wildman–Crippen MR) is 78.5 cm³/mol. The van der Waals surface area contributed by atoms with E-state index in [-0.39, 0.29) is 29.5 Å². The highest BCUT2D eigenvalue weighted by Gasteiger charge is 2.14. The van der Waals surface area contributed by atoms with Crippen molar-refractivity contribution >= 4 is 33.2 Å². The predicted octanol–water partition coefficient (Wildman–Crippen LogP) is 0.917. The van der Waals surface area contributed by atoms with Gasteiger partial charge in [-0.2, -0.15) is 0 Å². The summed E-state index contributed by atoms with van der Waals surface area (Å²) >= 11 is 1.10. The number of carboxylic acids is 1. The van der Waals surface area contributed by atoms with E-state index in [1.54, 1.807) is 6.07 Å². The summed E-state index contributed by atoms with van der Waals surface area (Å²) in [6, 6.07) is 3.14. The molecule has 3 N–H and O–H groups in total. The molecule has 0 saturated heterocycles. The van der Waals surface area contributed by atoms with E-state index in [1.165, 1.54) is 13.1 Å². The van der Waals surface area contributed by atoms with E-state index < -0.39 is 16.0 Å². The van der Waals surface area contributed by atoms with Crippen LogP contribution >= 0.6 is 11.3 Å². The average Bonchev–Trinajstić information content (AvgIpc) is 2.91. The van der Waals surface area contributed by atoms with E-state index in [9.17, 15) is 18.0 Å². The molecule has 118 valence electrons. The molecule has 1 rings (SSSR count). The molecule has 21 heavy (non-hydrogen) atoms. The van der Waals surface area contributed by atoms with E-state index in [4.69, 9.17) is 5.11 Å². The van der Waals surface area contributed by atoms with Crippen molar-refractivity contribution in [2.24, 2.45) is 0 Å². The summed E-state index contributed by atoms with van der Waals surface area (Å²) in [6.07, 6.45) is 1.30. The fourth-order valence-electron chi connectivity index (χ4n) is 1.53. The molecule has 7 nitrogen and oxygen atoms in total. The summed E-state index contributed by atoms with van der Waals surface area (Å²) in [4.78, 5) is 22.6. The Hall–Kier alpha value is -1.45. The highest BCUT2D eigenvalue weighted by atomic mass is 32.2. The van der Waals surface area contributed by atoms with Crippen LogP contribution in [0.25, 0.3) is 0 Å². The molecule has 0 bridgehead atoms. The standard InChI is InChI=1S/C12H18N2O5S2/c1-13-21(18,19)12-7-6-9(20-12)8-14-10(15)4-2-3-5-11(16)17/h6-7,13H,2-5,8H2,1H3,(H,14,15)(H,16,17). The van der Waals surface area contributed by atoms with Gasteiger partial charge in [0.15, 0.2) is 0 Å². The van der Waals surface area contributed by atoms with E-state index >= 15 is 0 Å². The van der Waals surface area contributed by atoms with Gasteiger partial charge in [-0.15, -0.1) is 11.3 Å². The van der Waals surface area contributed by atoms with Crippen LogP contribution in [-0.4, -0.2) is 32.4 Å². The Labute approximate surface area is 127 Å². The SMILES string of the molecule is CNS(=O)(=O)c1ccc(CNC(=O)CCCCC(=O)O)s1. The lowest BCUT2D eigenvalue weighted by molar-refractivity contribution is -0.137. The number of aliphatic carboxylic acids is 1. The normalized spacial score (nSPS) is 11.3. The number of nitrogens with one attached hydrogen (secondary N) is 2. The Kier molecular flexibility index (Phi) is 6.79. The average molecular weight is 334 g/mol. The van der Waals surface area contributed by atoms with Crippen molar-refractivity contribution in [2.75, 3.05) is 7.05 Å². The number of rotatable bonds is 9. The Morgan fingerprint density at radius 1 is 1.24 bits per heavy atom. The van der Waals surface area contributed by atoms with Crippen LogP contribution in [-0.2, 0) is 26.2 Å². The number of hydrogen-bond acceptors (Lipinski definition) is 5. The lowest BCUT2D eigenvalue weighted by Crippen LogP contribution is -2.21. The molecule has 1 amide bonds. The number of carboxylic acid groups (broad SMARTS) is 1. The molecule has 0 unspecified atom stereocenters. The molecule has 0 aliphatic heterocycles. The summed E-state index contributed by atoms with van der Waals surface area (Å²) in [6.45, 7) is 0.266. The summed E-state index contributed by atoms with van der Waals surface area (Å²) in [7, 11) is -2.10. The molecule has 0 spiro atoms. The number of unbranched alkanes of at least 4 members (excludes halogenated alkanes) is 1. The number of thiophene rings is 1. The summed E-state index contributed by atoms with van der Waals surface area (Å²) in [5.74, 6) is -1.04. The molecule has 9 heteroatoms. The largest absolute Gasteiger partial charge is 0.481 e. The van der Waals surface area contributed by atoms with E-state index in [2.05, 4.69) is 10.0 Å².